The van der Waals surface area contributed by atoms with Crippen molar-refractivity contribution in [1.82, 2.24) is 4.90 Å². The lowest BCUT2D eigenvalue weighted by Gasteiger charge is -2.27. The average molecular weight is 316 g/mol. The van der Waals surface area contributed by atoms with Crippen molar-refractivity contribution < 1.29 is 0 Å². The van der Waals surface area contributed by atoms with Crippen molar-refractivity contribution in [2.75, 3.05) is 6.54 Å². The Labute approximate surface area is 115 Å². The second-order valence-corrected chi connectivity index (χ2v) is 6.36. The predicted molar refractivity (Wildman–Crippen MR) is 74.2 cm³/mol. The van der Waals surface area contributed by atoms with E-state index in [4.69, 9.17) is 17.3 Å². The second-order valence-electron chi connectivity index (χ2n) is 5.03. The van der Waals surface area contributed by atoms with Crippen LogP contribution in [0.25, 0.3) is 0 Å². The van der Waals surface area contributed by atoms with Gasteiger partial charge in [0.25, 0.3) is 0 Å². The van der Waals surface area contributed by atoms with Crippen molar-refractivity contribution in [1.29, 1.82) is 0 Å². The monoisotopic (exact) mass is 314 g/mol. The van der Waals surface area contributed by atoms with Crippen LogP contribution < -0.4 is 5.73 Å². The molecule has 1 saturated heterocycles. The number of benzene rings is 1. The third-order valence-electron chi connectivity index (χ3n) is 3.78. The van der Waals surface area contributed by atoms with E-state index >= 15 is 0 Å². The molecule has 0 aromatic heterocycles. The molecule has 1 aliphatic carbocycles. The fourth-order valence-electron chi connectivity index (χ4n) is 2.81. The SMILES string of the molecule is NC1CCN(C2CC2)C1c1ccc(Br)cc1Cl. The predicted octanol–water partition coefficient (Wildman–Crippen LogP) is 3.34. The maximum absolute atomic E-state index is 6.35. The van der Waals surface area contributed by atoms with Crippen LogP contribution in [0.2, 0.25) is 5.02 Å². The molecule has 1 aliphatic heterocycles. The molecule has 2 nitrogen and oxygen atoms in total. The third-order valence-corrected chi connectivity index (χ3v) is 4.60. The fourth-order valence-corrected chi connectivity index (χ4v) is 3.59. The minimum Gasteiger partial charge on any atom is -0.326 e. The van der Waals surface area contributed by atoms with Gasteiger partial charge in [-0.3, -0.25) is 4.90 Å². The Morgan fingerprint density at radius 2 is 2.06 bits per heavy atom. The first-order valence-electron chi connectivity index (χ1n) is 6.13. The summed E-state index contributed by atoms with van der Waals surface area (Å²) in [6, 6.07) is 7.40. The number of nitrogens with two attached hydrogens (primary N) is 1. The van der Waals surface area contributed by atoms with E-state index in [2.05, 4.69) is 33.0 Å². The van der Waals surface area contributed by atoms with Crippen molar-refractivity contribution in [2.45, 2.75) is 37.4 Å². The van der Waals surface area contributed by atoms with Gasteiger partial charge in [-0.2, -0.15) is 0 Å². The molecule has 17 heavy (non-hydrogen) atoms. The standard InChI is InChI=1S/C13H16BrClN2/c14-8-1-4-10(11(15)7-8)13-12(16)5-6-17(13)9-2-3-9/h1,4,7,9,12-13H,2-3,5-6,16H2. The summed E-state index contributed by atoms with van der Waals surface area (Å²) in [5.41, 5.74) is 7.45. The minimum absolute atomic E-state index is 0.217. The number of nitrogens with zero attached hydrogens (tertiary/aromatic N) is 1. The summed E-state index contributed by atoms with van der Waals surface area (Å²) in [4.78, 5) is 2.54. The topological polar surface area (TPSA) is 29.3 Å². The molecule has 1 saturated carbocycles. The van der Waals surface area contributed by atoms with Crippen LogP contribution in [0, 0.1) is 0 Å². The van der Waals surface area contributed by atoms with Crippen molar-refractivity contribution in [2.24, 2.45) is 5.73 Å². The van der Waals surface area contributed by atoms with Crippen molar-refractivity contribution in [3.63, 3.8) is 0 Å². The van der Waals surface area contributed by atoms with Gasteiger partial charge in [-0.25, -0.2) is 0 Å². The highest BCUT2D eigenvalue weighted by molar-refractivity contribution is 9.10. The van der Waals surface area contributed by atoms with Crippen molar-refractivity contribution >= 4 is 27.5 Å². The van der Waals surface area contributed by atoms with Gasteiger partial charge in [0.1, 0.15) is 0 Å². The maximum atomic E-state index is 6.35. The molecule has 0 radical (unpaired) electrons. The van der Waals surface area contributed by atoms with Gasteiger partial charge in [0.05, 0.1) is 6.04 Å². The summed E-state index contributed by atoms with van der Waals surface area (Å²) in [5.74, 6) is 0. The molecule has 2 unspecified atom stereocenters. The number of likely N-dealkylation sites (tertiary alicyclic amines) is 1. The highest BCUT2D eigenvalue weighted by Crippen LogP contribution is 2.42. The van der Waals surface area contributed by atoms with Crippen LogP contribution in [0.3, 0.4) is 0 Å². The van der Waals surface area contributed by atoms with E-state index in [1.807, 2.05) is 6.07 Å². The van der Waals surface area contributed by atoms with Gasteiger partial charge in [0, 0.05) is 28.1 Å². The Kier molecular flexibility index (Phi) is 3.20. The summed E-state index contributed by atoms with van der Waals surface area (Å²) in [5, 5.41) is 0.826. The van der Waals surface area contributed by atoms with Crippen LogP contribution in [0.4, 0.5) is 0 Å². The van der Waals surface area contributed by atoms with Gasteiger partial charge in [0.15, 0.2) is 0 Å². The molecule has 2 N–H and O–H groups in total. The number of hydrogen-bond acceptors (Lipinski definition) is 2. The molecule has 1 heterocycles. The van der Waals surface area contributed by atoms with E-state index in [1.165, 1.54) is 18.4 Å². The molecule has 92 valence electrons. The molecular weight excluding hydrogens is 300 g/mol. The highest BCUT2D eigenvalue weighted by Gasteiger charge is 2.41. The number of halogens is 2. The molecule has 2 aliphatic rings. The molecular formula is C13H16BrClN2. The van der Waals surface area contributed by atoms with Crippen LogP contribution >= 0.6 is 27.5 Å². The van der Waals surface area contributed by atoms with E-state index in [0.717, 1.165) is 28.5 Å². The molecule has 4 heteroatoms. The Hall–Kier alpha value is -0.0900. The van der Waals surface area contributed by atoms with Gasteiger partial charge in [0.2, 0.25) is 0 Å². The summed E-state index contributed by atoms with van der Waals surface area (Å²) in [6.07, 6.45) is 3.71. The average Bonchev–Trinajstić information content (AvgIpc) is 3.04. The molecule has 2 atom stereocenters. The Morgan fingerprint density at radius 1 is 1.29 bits per heavy atom. The summed E-state index contributed by atoms with van der Waals surface area (Å²) in [6.45, 7) is 1.11. The summed E-state index contributed by atoms with van der Waals surface area (Å²) < 4.78 is 1.02. The van der Waals surface area contributed by atoms with E-state index in [-0.39, 0.29) is 6.04 Å². The zero-order valence-electron chi connectivity index (χ0n) is 9.57. The first kappa shape index (κ1) is 12.0. The van der Waals surface area contributed by atoms with Gasteiger partial charge >= 0.3 is 0 Å². The highest BCUT2D eigenvalue weighted by atomic mass is 79.9. The van der Waals surface area contributed by atoms with Gasteiger partial charge in [-0.15, -0.1) is 0 Å². The van der Waals surface area contributed by atoms with Gasteiger partial charge in [-0.05, 0) is 37.0 Å². The van der Waals surface area contributed by atoms with Gasteiger partial charge in [-0.1, -0.05) is 33.6 Å². The molecule has 1 aromatic rings. The lowest BCUT2D eigenvalue weighted by molar-refractivity contribution is 0.237. The van der Waals surface area contributed by atoms with E-state index in [0.29, 0.717) is 6.04 Å². The summed E-state index contributed by atoms with van der Waals surface area (Å²) in [7, 11) is 0. The largest absolute Gasteiger partial charge is 0.326 e. The minimum atomic E-state index is 0.217. The van der Waals surface area contributed by atoms with Gasteiger partial charge < -0.3 is 5.73 Å². The quantitative estimate of drug-likeness (QED) is 0.907. The normalized spacial score (nSPS) is 29.8. The fraction of sp³-hybridized carbons (Fsp3) is 0.538. The zero-order valence-corrected chi connectivity index (χ0v) is 11.9. The van der Waals surface area contributed by atoms with E-state index in [9.17, 15) is 0 Å². The van der Waals surface area contributed by atoms with E-state index in [1.54, 1.807) is 0 Å². The lowest BCUT2D eigenvalue weighted by Crippen LogP contribution is -2.33. The van der Waals surface area contributed by atoms with Crippen LogP contribution in [0.15, 0.2) is 22.7 Å². The second kappa shape index (κ2) is 4.54. The third kappa shape index (κ3) is 2.26. The van der Waals surface area contributed by atoms with Crippen LogP contribution in [-0.2, 0) is 0 Å². The van der Waals surface area contributed by atoms with E-state index < -0.39 is 0 Å². The molecule has 3 rings (SSSR count). The Morgan fingerprint density at radius 3 is 2.71 bits per heavy atom. The molecule has 0 spiro atoms. The van der Waals surface area contributed by atoms with Crippen LogP contribution in [-0.4, -0.2) is 23.5 Å². The Balaban J connectivity index is 1.94. The summed E-state index contributed by atoms with van der Waals surface area (Å²) >= 11 is 9.80. The van der Waals surface area contributed by atoms with Crippen molar-refractivity contribution in [3.05, 3.63) is 33.3 Å². The maximum Gasteiger partial charge on any atom is 0.0517 e. The number of rotatable bonds is 2. The van der Waals surface area contributed by atoms with Crippen molar-refractivity contribution in [3.8, 4) is 0 Å². The lowest BCUT2D eigenvalue weighted by atomic mass is 10.0. The molecule has 0 bridgehead atoms. The van der Waals surface area contributed by atoms with Crippen LogP contribution in [0.5, 0.6) is 0 Å². The number of hydrogen-bond donors (Lipinski definition) is 1. The first-order valence-corrected chi connectivity index (χ1v) is 7.30. The smallest absolute Gasteiger partial charge is 0.0517 e. The Bertz CT molecular complexity index is 433. The molecule has 2 fully saturated rings. The first-order chi connectivity index (χ1) is 8.16. The zero-order chi connectivity index (χ0) is 12.0. The molecule has 0 amide bonds. The molecule has 1 aromatic carbocycles. The van der Waals surface area contributed by atoms with Crippen LogP contribution in [0.1, 0.15) is 30.9 Å².